The van der Waals surface area contributed by atoms with Gasteiger partial charge in [-0.1, -0.05) is 25.7 Å². The van der Waals surface area contributed by atoms with Gasteiger partial charge in [0.05, 0.1) is 11.8 Å². The largest absolute Gasteiger partial charge is 0.391 e. The first-order chi connectivity index (χ1) is 9.06. The molecule has 1 atom stereocenters. The van der Waals surface area contributed by atoms with Gasteiger partial charge < -0.3 is 10.4 Å². The van der Waals surface area contributed by atoms with Crippen molar-refractivity contribution in [2.45, 2.75) is 38.2 Å². The van der Waals surface area contributed by atoms with Crippen molar-refractivity contribution in [1.82, 2.24) is 0 Å². The van der Waals surface area contributed by atoms with Gasteiger partial charge in [-0.3, -0.25) is 0 Å². The number of nitrogens with one attached hydrogen (secondary N) is 1. The Hall–Kier alpha value is -1.23. The molecule has 0 aliphatic heterocycles. The first-order valence-corrected chi connectivity index (χ1v) is 6.62. The summed E-state index contributed by atoms with van der Waals surface area (Å²) in [5.41, 5.74) is -0.247. The fourth-order valence-electron chi connectivity index (χ4n) is 2.63. The molecule has 106 valence electrons. The molecule has 2 nitrogen and oxygen atoms in total. The smallest absolute Gasteiger partial charge is 0.182 e. The summed E-state index contributed by atoms with van der Waals surface area (Å²) in [6.07, 6.45) is 4.61. The summed E-state index contributed by atoms with van der Waals surface area (Å²) in [6, 6.07) is 1.39. The van der Waals surface area contributed by atoms with Gasteiger partial charge in [-0.05, 0) is 12.3 Å². The molecule has 19 heavy (non-hydrogen) atoms. The predicted molar refractivity (Wildman–Crippen MR) is 67.4 cm³/mol. The van der Waals surface area contributed by atoms with Gasteiger partial charge in [0.15, 0.2) is 11.6 Å². The average Bonchev–Trinajstić information content (AvgIpc) is 2.84. The molecule has 0 aromatic heterocycles. The summed E-state index contributed by atoms with van der Waals surface area (Å²) in [4.78, 5) is 0. The van der Waals surface area contributed by atoms with E-state index in [1.54, 1.807) is 0 Å². The van der Waals surface area contributed by atoms with Crippen LogP contribution in [0, 0.1) is 23.4 Å². The molecule has 1 aromatic carbocycles. The molecular weight excluding hydrogens is 255 g/mol. The molecule has 1 saturated carbocycles. The zero-order valence-electron chi connectivity index (χ0n) is 10.6. The normalized spacial score (nSPS) is 17.7. The van der Waals surface area contributed by atoms with E-state index in [9.17, 15) is 18.3 Å². The highest BCUT2D eigenvalue weighted by Gasteiger charge is 2.19. The number of hydrogen-bond acceptors (Lipinski definition) is 2. The summed E-state index contributed by atoms with van der Waals surface area (Å²) in [5.74, 6) is -2.68. The maximum Gasteiger partial charge on any atom is 0.182 e. The first-order valence-electron chi connectivity index (χ1n) is 6.62. The van der Waals surface area contributed by atoms with E-state index in [4.69, 9.17) is 0 Å². The second-order valence-electron chi connectivity index (χ2n) is 5.17. The Bertz CT molecular complexity index is 433. The zero-order valence-corrected chi connectivity index (χ0v) is 10.6. The number of aliphatic hydroxyl groups is 1. The fraction of sp³-hybridized carbons (Fsp3) is 0.571. The van der Waals surface area contributed by atoms with E-state index in [-0.39, 0.29) is 12.2 Å². The van der Waals surface area contributed by atoms with Gasteiger partial charge in [0.25, 0.3) is 0 Å². The van der Waals surface area contributed by atoms with Gasteiger partial charge in [-0.25, -0.2) is 13.2 Å². The molecular formula is C14H18F3NO. The second kappa shape index (κ2) is 6.28. The molecule has 0 spiro atoms. The molecule has 1 aliphatic carbocycles. The molecule has 0 saturated heterocycles. The number of anilines is 1. The lowest BCUT2D eigenvalue weighted by Crippen LogP contribution is -2.22. The van der Waals surface area contributed by atoms with Crippen molar-refractivity contribution < 1.29 is 18.3 Å². The van der Waals surface area contributed by atoms with Crippen molar-refractivity contribution in [1.29, 1.82) is 0 Å². The summed E-state index contributed by atoms with van der Waals surface area (Å²) >= 11 is 0. The highest BCUT2D eigenvalue weighted by molar-refractivity contribution is 5.45. The highest BCUT2D eigenvalue weighted by Crippen LogP contribution is 2.28. The Morgan fingerprint density at radius 3 is 2.58 bits per heavy atom. The van der Waals surface area contributed by atoms with Crippen molar-refractivity contribution in [2.75, 3.05) is 11.9 Å². The van der Waals surface area contributed by atoms with E-state index in [0.29, 0.717) is 18.4 Å². The van der Waals surface area contributed by atoms with Gasteiger partial charge in [0.2, 0.25) is 0 Å². The third-order valence-corrected chi connectivity index (χ3v) is 3.60. The van der Waals surface area contributed by atoms with Crippen LogP contribution in [0.15, 0.2) is 12.1 Å². The van der Waals surface area contributed by atoms with Crippen molar-refractivity contribution in [3.05, 3.63) is 29.6 Å². The highest BCUT2D eigenvalue weighted by atomic mass is 19.2. The SMILES string of the molecule is OC(CNc1cc(F)cc(F)c1F)CC1CCCC1. The first kappa shape index (κ1) is 14.2. The van der Waals surface area contributed by atoms with Gasteiger partial charge >= 0.3 is 0 Å². The predicted octanol–water partition coefficient (Wildman–Crippen LogP) is 3.46. The number of benzene rings is 1. The maximum atomic E-state index is 13.4. The molecule has 1 unspecified atom stereocenters. The van der Waals surface area contributed by atoms with Crippen LogP contribution in [0.3, 0.4) is 0 Å². The summed E-state index contributed by atoms with van der Waals surface area (Å²) in [7, 11) is 0. The third kappa shape index (κ3) is 3.86. The monoisotopic (exact) mass is 273 g/mol. The van der Waals surface area contributed by atoms with Crippen LogP contribution in [0.1, 0.15) is 32.1 Å². The standard InChI is InChI=1S/C14H18F3NO/c15-10-6-12(16)14(17)13(7-10)18-8-11(19)5-9-3-1-2-4-9/h6-7,9,11,18-19H,1-5,8H2. The topological polar surface area (TPSA) is 32.3 Å². The molecule has 0 radical (unpaired) electrons. The Morgan fingerprint density at radius 2 is 1.89 bits per heavy atom. The zero-order chi connectivity index (χ0) is 13.8. The maximum absolute atomic E-state index is 13.4. The van der Waals surface area contributed by atoms with Crippen molar-refractivity contribution in [2.24, 2.45) is 5.92 Å². The molecule has 1 aliphatic rings. The molecule has 5 heteroatoms. The van der Waals surface area contributed by atoms with E-state index in [1.807, 2.05) is 0 Å². The van der Waals surface area contributed by atoms with Crippen LogP contribution in [-0.4, -0.2) is 17.8 Å². The van der Waals surface area contributed by atoms with Gasteiger partial charge in [0, 0.05) is 18.7 Å². The third-order valence-electron chi connectivity index (χ3n) is 3.60. The van der Waals surface area contributed by atoms with Crippen molar-refractivity contribution >= 4 is 5.69 Å². The molecule has 2 rings (SSSR count). The summed E-state index contributed by atoms with van der Waals surface area (Å²) in [6.45, 7) is 0.0936. The minimum atomic E-state index is -1.23. The van der Waals surface area contributed by atoms with Crippen LogP contribution < -0.4 is 5.32 Å². The van der Waals surface area contributed by atoms with Crippen molar-refractivity contribution in [3.8, 4) is 0 Å². The van der Waals surface area contributed by atoms with E-state index >= 15 is 0 Å². The van der Waals surface area contributed by atoms with Crippen molar-refractivity contribution in [3.63, 3.8) is 0 Å². The number of rotatable bonds is 5. The van der Waals surface area contributed by atoms with Crippen LogP contribution in [0.5, 0.6) is 0 Å². The lowest BCUT2D eigenvalue weighted by molar-refractivity contribution is 0.155. The summed E-state index contributed by atoms with van der Waals surface area (Å²) in [5, 5.41) is 12.4. The Kier molecular flexibility index (Phi) is 4.69. The van der Waals surface area contributed by atoms with E-state index in [2.05, 4.69) is 5.32 Å². The molecule has 0 heterocycles. The Labute approximate surface area is 110 Å². The van der Waals surface area contributed by atoms with E-state index < -0.39 is 23.6 Å². The number of aliphatic hydroxyl groups excluding tert-OH is 1. The minimum Gasteiger partial charge on any atom is -0.391 e. The molecule has 0 bridgehead atoms. The Balaban J connectivity index is 1.87. The van der Waals surface area contributed by atoms with Gasteiger partial charge in [-0.2, -0.15) is 0 Å². The lowest BCUT2D eigenvalue weighted by atomic mass is 10.00. The van der Waals surface area contributed by atoms with Crippen LogP contribution in [0.2, 0.25) is 0 Å². The fourth-order valence-corrected chi connectivity index (χ4v) is 2.63. The second-order valence-corrected chi connectivity index (χ2v) is 5.17. The molecule has 0 amide bonds. The Morgan fingerprint density at radius 1 is 1.21 bits per heavy atom. The number of halogens is 3. The molecule has 1 fully saturated rings. The van der Waals surface area contributed by atoms with Crippen LogP contribution >= 0.6 is 0 Å². The van der Waals surface area contributed by atoms with Crippen LogP contribution in [-0.2, 0) is 0 Å². The molecule has 1 aromatic rings. The summed E-state index contributed by atoms with van der Waals surface area (Å²) < 4.78 is 39.3. The lowest BCUT2D eigenvalue weighted by Gasteiger charge is -2.17. The minimum absolute atomic E-state index is 0.0936. The van der Waals surface area contributed by atoms with Crippen LogP contribution in [0.4, 0.5) is 18.9 Å². The van der Waals surface area contributed by atoms with Gasteiger partial charge in [0.1, 0.15) is 5.82 Å². The van der Waals surface area contributed by atoms with E-state index in [0.717, 1.165) is 18.9 Å². The quantitative estimate of drug-likeness (QED) is 0.805. The van der Waals surface area contributed by atoms with Crippen LogP contribution in [0.25, 0.3) is 0 Å². The average molecular weight is 273 g/mol. The van der Waals surface area contributed by atoms with Gasteiger partial charge in [-0.15, -0.1) is 0 Å². The molecule has 2 N–H and O–H groups in total. The van der Waals surface area contributed by atoms with E-state index in [1.165, 1.54) is 12.8 Å². The number of hydrogen-bond donors (Lipinski definition) is 2.